The first-order chi connectivity index (χ1) is 9.65. The predicted molar refractivity (Wildman–Crippen MR) is 87.0 cm³/mol. The van der Waals surface area contributed by atoms with Crippen molar-refractivity contribution in [2.75, 3.05) is 6.54 Å². The first-order valence-electron chi connectivity index (χ1n) is 6.76. The van der Waals surface area contributed by atoms with E-state index in [0.717, 1.165) is 27.5 Å². The van der Waals surface area contributed by atoms with E-state index in [-0.39, 0.29) is 17.6 Å². The van der Waals surface area contributed by atoms with Gasteiger partial charge in [0.15, 0.2) is 0 Å². The molecule has 0 amide bonds. The minimum atomic E-state index is -0.247. The van der Waals surface area contributed by atoms with Gasteiger partial charge in [0.2, 0.25) is 0 Å². The zero-order valence-corrected chi connectivity index (χ0v) is 13.4. The fourth-order valence-electron chi connectivity index (χ4n) is 2.68. The highest BCUT2D eigenvalue weighted by Crippen LogP contribution is 2.36. The minimum Gasteiger partial charge on any atom is -0.330 e. The van der Waals surface area contributed by atoms with Crippen LogP contribution in [0.2, 0.25) is 0 Å². The van der Waals surface area contributed by atoms with Crippen molar-refractivity contribution < 1.29 is 8.78 Å². The van der Waals surface area contributed by atoms with Gasteiger partial charge >= 0.3 is 0 Å². The van der Waals surface area contributed by atoms with E-state index in [1.807, 2.05) is 6.07 Å². The molecule has 0 aliphatic heterocycles. The molecule has 0 aromatic heterocycles. The summed E-state index contributed by atoms with van der Waals surface area (Å²) in [5.74, 6) is -0.427. The van der Waals surface area contributed by atoms with E-state index >= 15 is 0 Å². The van der Waals surface area contributed by atoms with Gasteiger partial charge in [-0.15, -0.1) is 0 Å². The van der Waals surface area contributed by atoms with Gasteiger partial charge in [-0.25, -0.2) is 8.78 Å². The molecule has 0 bridgehead atoms. The van der Waals surface area contributed by atoms with Crippen molar-refractivity contribution in [3.63, 3.8) is 0 Å². The molecular formula is C16H18F2IN. The van der Waals surface area contributed by atoms with Crippen LogP contribution in [-0.4, -0.2) is 6.54 Å². The molecule has 1 aromatic rings. The number of rotatable bonds is 5. The third-order valence-corrected chi connectivity index (χ3v) is 4.45. The SMILES string of the molecule is NCCC(C1=CC(F)=CCC1)c1cc(F)ccc1CI. The van der Waals surface area contributed by atoms with Gasteiger partial charge in [-0.05, 0) is 61.2 Å². The summed E-state index contributed by atoms with van der Waals surface area (Å²) in [7, 11) is 0. The highest BCUT2D eigenvalue weighted by Gasteiger charge is 2.21. The quantitative estimate of drug-likeness (QED) is 0.570. The molecule has 2 rings (SSSR count). The molecule has 1 aliphatic rings. The Morgan fingerprint density at radius 2 is 2.10 bits per heavy atom. The number of nitrogens with two attached hydrogens (primary N) is 1. The van der Waals surface area contributed by atoms with Crippen LogP contribution >= 0.6 is 22.6 Å². The summed E-state index contributed by atoms with van der Waals surface area (Å²) < 4.78 is 27.9. The Morgan fingerprint density at radius 3 is 2.75 bits per heavy atom. The molecule has 0 saturated carbocycles. The second-order valence-corrected chi connectivity index (χ2v) is 5.72. The fourth-order valence-corrected chi connectivity index (χ4v) is 3.37. The second-order valence-electron chi connectivity index (χ2n) is 4.95. The van der Waals surface area contributed by atoms with Gasteiger partial charge in [0.25, 0.3) is 0 Å². The molecule has 1 atom stereocenters. The Kier molecular flexibility index (Phi) is 5.72. The topological polar surface area (TPSA) is 26.0 Å². The normalized spacial score (nSPS) is 16.6. The molecule has 1 unspecified atom stereocenters. The second kappa shape index (κ2) is 7.31. The van der Waals surface area contributed by atoms with Crippen LogP contribution in [0.1, 0.15) is 36.3 Å². The molecule has 0 radical (unpaired) electrons. The maximum Gasteiger partial charge on any atom is 0.123 e. The number of hydrogen-bond acceptors (Lipinski definition) is 1. The first kappa shape index (κ1) is 15.6. The Balaban J connectivity index is 2.43. The van der Waals surface area contributed by atoms with E-state index < -0.39 is 0 Å². The van der Waals surface area contributed by atoms with Gasteiger partial charge in [-0.3, -0.25) is 0 Å². The van der Waals surface area contributed by atoms with Crippen LogP contribution in [0, 0.1) is 5.82 Å². The number of benzene rings is 1. The number of hydrogen-bond donors (Lipinski definition) is 1. The van der Waals surface area contributed by atoms with E-state index in [1.165, 1.54) is 6.07 Å². The molecule has 0 heterocycles. The predicted octanol–water partition coefficient (Wildman–Crippen LogP) is 4.77. The van der Waals surface area contributed by atoms with E-state index in [9.17, 15) is 8.78 Å². The molecule has 2 N–H and O–H groups in total. The van der Waals surface area contributed by atoms with E-state index in [4.69, 9.17) is 5.73 Å². The Hall–Kier alpha value is -0.750. The monoisotopic (exact) mass is 389 g/mol. The van der Waals surface area contributed by atoms with Crippen LogP contribution in [0.3, 0.4) is 0 Å². The van der Waals surface area contributed by atoms with Gasteiger partial charge in [-0.1, -0.05) is 34.2 Å². The molecule has 1 aliphatic carbocycles. The first-order valence-corrected chi connectivity index (χ1v) is 8.28. The standard InChI is InChI=1S/C16H18F2IN/c17-13-3-1-2-11(8-13)15(6-7-20)16-9-14(18)5-4-12(16)10-19/h3-5,8-9,15H,1-2,6-7,10,20H2. The van der Waals surface area contributed by atoms with Gasteiger partial charge in [-0.2, -0.15) is 0 Å². The van der Waals surface area contributed by atoms with Crippen LogP contribution in [0.4, 0.5) is 8.78 Å². The Morgan fingerprint density at radius 1 is 1.30 bits per heavy atom. The van der Waals surface area contributed by atoms with Crippen molar-refractivity contribution in [2.45, 2.75) is 29.6 Å². The van der Waals surface area contributed by atoms with Gasteiger partial charge in [0, 0.05) is 10.3 Å². The highest BCUT2D eigenvalue weighted by molar-refractivity contribution is 14.1. The zero-order chi connectivity index (χ0) is 14.5. The third-order valence-electron chi connectivity index (χ3n) is 3.63. The summed E-state index contributed by atoms with van der Waals surface area (Å²) in [5.41, 5.74) is 8.78. The smallest absolute Gasteiger partial charge is 0.123 e. The van der Waals surface area contributed by atoms with Crippen molar-refractivity contribution in [3.05, 3.63) is 58.7 Å². The van der Waals surface area contributed by atoms with Crippen LogP contribution in [0.15, 0.2) is 41.8 Å². The van der Waals surface area contributed by atoms with Crippen LogP contribution in [0.25, 0.3) is 0 Å². The van der Waals surface area contributed by atoms with E-state index in [0.29, 0.717) is 19.4 Å². The number of halogens is 3. The highest BCUT2D eigenvalue weighted by atomic mass is 127. The lowest BCUT2D eigenvalue weighted by Gasteiger charge is -2.24. The van der Waals surface area contributed by atoms with E-state index in [2.05, 4.69) is 22.6 Å². The molecule has 0 spiro atoms. The lowest BCUT2D eigenvalue weighted by Crippen LogP contribution is -2.13. The lowest BCUT2D eigenvalue weighted by molar-refractivity contribution is 0.605. The number of alkyl halides is 1. The Labute approximate surface area is 132 Å². The molecule has 0 fully saturated rings. The third kappa shape index (κ3) is 3.67. The summed E-state index contributed by atoms with van der Waals surface area (Å²) >= 11 is 2.27. The Bertz CT molecular complexity index is 537. The fraction of sp³-hybridized carbons (Fsp3) is 0.375. The molecule has 20 heavy (non-hydrogen) atoms. The average molecular weight is 389 g/mol. The van der Waals surface area contributed by atoms with Crippen molar-refractivity contribution >= 4 is 22.6 Å². The maximum absolute atomic E-state index is 13.6. The summed E-state index contributed by atoms with van der Waals surface area (Å²) in [6.45, 7) is 0.505. The molecule has 4 heteroatoms. The summed E-state index contributed by atoms with van der Waals surface area (Å²) in [6, 6.07) is 4.87. The molecule has 108 valence electrons. The van der Waals surface area contributed by atoms with E-state index in [1.54, 1.807) is 18.2 Å². The average Bonchev–Trinajstić information content (AvgIpc) is 2.44. The zero-order valence-electron chi connectivity index (χ0n) is 11.2. The molecule has 1 aromatic carbocycles. The number of allylic oxidation sites excluding steroid dienone is 4. The summed E-state index contributed by atoms with van der Waals surface area (Å²) in [5, 5.41) is 0. The molecular weight excluding hydrogens is 371 g/mol. The maximum atomic E-state index is 13.6. The summed E-state index contributed by atoms with van der Waals surface area (Å²) in [6.07, 6.45) is 5.41. The van der Waals surface area contributed by atoms with Gasteiger partial charge < -0.3 is 5.73 Å². The minimum absolute atomic E-state index is 0.0138. The van der Waals surface area contributed by atoms with Crippen molar-refractivity contribution in [3.8, 4) is 0 Å². The summed E-state index contributed by atoms with van der Waals surface area (Å²) in [4.78, 5) is 0. The van der Waals surface area contributed by atoms with Crippen molar-refractivity contribution in [2.24, 2.45) is 5.73 Å². The van der Waals surface area contributed by atoms with Crippen molar-refractivity contribution in [1.29, 1.82) is 0 Å². The van der Waals surface area contributed by atoms with Crippen LogP contribution < -0.4 is 5.73 Å². The van der Waals surface area contributed by atoms with Crippen LogP contribution in [-0.2, 0) is 4.43 Å². The largest absolute Gasteiger partial charge is 0.330 e. The molecule has 0 saturated heterocycles. The van der Waals surface area contributed by atoms with Crippen molar-refractivity contribution in [1.82, 2.24) is 0 Å². The lowest BCUT2D eigenvalue weighted by atomic mass is 9.82. The van der Waals surface area contributed by atoms with Gasteiger partial charge in [0.1, 0.15) is 11.6 Å². The van der Waals surface area contributed by atoms with Crippen LogP contribution in [0.5, 0.6) is 0 Å². The molecule has 1 nitrogen and oxygen atoms in total. The van der Waals surface area contributed by atoms with Gasteiger partial charge in [0.05, 0.1) is 0 Å².